The van der Waals surface area contributed by atoms with E-state index in [1.807, 2.05) is 19.9 Å². The molecule has 1 aliphatic heterocycles. The average molecular weight is 389 g/mol. The Kier molecular flexibility index (Phi) is 5.58. The van der Waals surface area contributed by atoms with Gasteiger partial charge >= 0.3 is 5.97 Å². The molecule has 0 bridgehead atoms. The van der Waals surface area contributed by atoms with Crippen molar-refractivity contribution in [2.75, 3.05) is 18.2 Å². The van der Waals surface area contributed by atoms with Crippen molar-refractivity contribution in [1.29, 1.82) is 0 Å². The van der Waals surface area contributed by atoms with Gasteiger partial charge in [0, 0.05) is 28.9 Å². The Morgan fingerprint density at radius 2 is 2.12 bits per heavy atom. The van der Waals surface area contributed by atoms with Crippen LogP contribution in [0.5, 0.6) is 0 Å². The summed E-state index contributed by atoms with van der Waals surface area (Å²) in [4.78, 5) is 24.9. The van der Waals surface area contributed by atoms with Crippen LogP contribution in [0.15, 0.2) is 41.2 Å². The Morgan fingerprint density at radius 1 is 1.31 bits per heavy atom. The summed E-state index contributed by atoms with van der Waals surface area (Å²) in [6.07, 6.45) is 1.70. The lowest BCUT2D eigenvalue weighted by molar-refractivity contribution is 0.0601. The summed E-state index contributed by atoms with van der Waals surface area (Å²) in [5.74, 6) is 0.797. The van der Waals surface area contributed by atoms with Crippen LogP contribution in [0.1, 0.15) is 29.9 Å². The van der Waals surface area contributed by atoms with Crippen LogP contribution < -0.4 is 5.32 Å². The fraction of sp³-hybridized carbons (Fsp3) is 0.222. The molecule has 1 aromatic carbocycles. The van der Waals surface area contributed by atoms with E-state index in [1.165, 1.54) is 7.11 Å². The van der Waals surface area contributed by atoms with Crippen molar-refractivity contribution in [3.8, 4) is 0 Å². The molecule has 2 heterocycles. The summed E-state index contributed by atoms with van der Waals surface area (Å²) in [5.41, 5.74) is 3.88. The molecule has 0 fully saturated rings. The largest absolute Gasteiger partial charge is 0.465 e. The Bertz CT molecular complexity index is 927. The Labute approximate surface area is 160 Å². The van der Waals surface area contributed by atoms with Crippen LogP contribution in [0.4, 0.5) is 11.6 Å². The Morgan fingerprint density at radius 3 is 2.81 bits per heavy atom. The molecule has 0 saturated heterocycles. The molecule has 26 heavy (non-hydrogen) atoms. The van der Waals surface area contributed by atoms with E-state index in [-0.39, 0.29) is 0 Å². The molecule has 0 aliphatic carbocycles. The normalized spacial score (nSPS) is 14.1. The molecule has 0 unspecified atom stereocenters. The number of allylic oxidation sites excluding steroid dienone is 1. The monoisotopic (exact) mass is 388 g/mol. The van der Waals surface area contributed by atoms with E-state index in [4.69, 9.17) is 11.6 Å². The topological polar surface area (TPSA) is 76.5 Å². The van der Waals surface area contributed by atoms with Crippen LogP contribution in [-0.4, -0.2) is 33.8 Å². The third-order valence-corrected chi connectivity index (χ3v) is 5.04. The number of thioether (sulfide) groups is 1. The number of aliphatic imine (C=N–C) groups is 1. The van der Waals surface area contributed by atoms with Gasteiger partial charge in [0.2, 0.25) is 5.95 Å². The van der Waals surface area contributed by atoms with Crippen molar-refractivity contribution in [3.05, 3.63) is 52.4 Å². The van der Waals surface area contributed by atoms with Gasteiger partial charge in [0.05, 0.1) is 28.4 Å². The van der Waals surface area contributed by atoms with Gasteiger partial charge in [-0.2, -0.15) is 0 Å². The molecule has 2 aromatic rings. The predicted molar refractivity (Wildman–Crippen MR) is 106 cm³/mol. The summed E-state index contributed by atoms with van der Waals surface area (Å²) in [7, 11) is 1.32. The number of ether oxygens (including phenoxy) is 1. The number of esters is 1. The average Bonchev–Trinajstić information content (AvgIpc) is 2.61. The van der Waals surface area contributed by atoms with E-state index in [0.717, 1.165) is 27.8 Å². The highest BCUT2D eigenvalue weighted by atomic mass is 35.5. The second-order valence-electron chi connectivity index (χ2n) is 5.56. The molecular weight excluding hydrogens is 372 g/mol. The second-order valence-corrected chi connectivity index (χ2v) is 7.14. The van der Waals surface area contributed by atoms with Gasteiger partial charge in [0.15, 0.2) is 0 Å². The van der Waals surface area contributed by atoms with Gasteiger partial charge in [0.25, 0.3) is 0 Å². The van der Waals surface area contributed by atoms with Gasteiger partial charge in [-0.3, -0.25) is 4.99 Å². The third kappa shape index (κ3) is 4.05. The summed E-state index contributed by atoms with van der Waals surface area (Å²) in [5, 5.41) is 4.46. The zero-order valence-corrected chi connectivity index (χ0v) is 16.1. The number of rotatable bonds is 4. The molecule has 1 aromatic heterocycles. The fourth-order valence-electron chi connectivity index (χ4n) is 2.46. The first-order valence-electron chi connectivity index (χ1n) is 7.84. The smallest absolute Gasteiger partial charge is 0.339 e. The highest BCUT2D eigenvalue weighted by Gasteiger charge is 2.15. The Hall–Kier alpha value is -2.38. The molecule has 0 saturated carbocycles. The molecule has 1 N–H and O–H groups in total. The second kappa shape index (κ2) is 7.88. The van der Waals surface area contributed by atoms with Crippen LogP contribution in [-0.2, 0) is 4.74 Å². The van der Waals surface area contributed by atoms with Gasteiger partial charge < -0.3 is 10.1 Å². The van der Waals surface area contributed by atoms with Gasteiger partial charge in [0.1, 0.15) is 0 Å². The number of halogens is 1. The maximum Gasteiger partial charge on any atom is 0.339 e. The van der Waals surface area contributed by atoms with Crippen molar-refractivity contribution >= 4 is 51.6 Å². The number of carbonyl (C=O) groups is 1. The van der Waals surface area contributed by atoms with Gasteiger partial charge in [-0.25, -0.2) is 14.8 Å². The SMILES string of the molecule is COC(=O)c1ccc(Nc2nccc(C3=C(C)N=C(C)SC3)n2)cc1Cl. The van der Waals surface area contributed by atoms with E-state index in [9.17, 15) is 4.79 Å². The minimum Gasteiger partial charge on any atom is -0.465 e. The minimum absolute atomic E-state index is 0.296. The van der Waals surface area contributed by atoms with Gasteiger partial charge in [-0.15, -0.1) is 11.8 Å². The number of nitrogens with one attached hydrogen (secondary N) is 1. The highest BCUT2D eigenvalue weighted by Crippen LogP contribution is 2.29. The predicted octanol–water partition coefficient (Wildman–Crippen LogP) is 4.56. The summed E-state index contributed by atoms with van der Waals surface area (Å²) in [6, 6.07) is 6.83. The quantitative estimate of drug-likeness (QED) is 0.774. The zero-order chi connectivity index (χ0) is 18.7. The number of carbonyl (C=O) groups excluding carboxylic acids is 1. The van der Waals surface area contributed by atoms with E-state index < -0.39 is 5.97 Å². The number of anilines is 2. The molecule has 8 heteroatoms. The van der Waals surface area contributed by atoms with Crippen molar-refractivity contribution in [2.45, 2.75) is 13.8 Å². The number of aromatic nitrogens is 2. The van der Waals surface area contributed by atoms with Crippen molar-refractivity contribution in [2.24, 2.45) is 4.99 Å². The molecule has 0 radical (unpaired) electrons. The van der Waals surface area contributed by atoms with E-state index in [1.54, 1.807) is 36.2 Å². The van der Waals surface area contributed by atoms with Crippen LogP contribution in [0.25, 0.3) is 5.57 Å². The van der Waals surface area contributed by atoms with Crippen LogP contribution >= 0.6 is 23.4 Å². The summed E-state index contributed by atoms with van der Waals surface area (Å²) >= 11 is 7.84. The van der Waals surface area contributed by atoms with E-state index in [0.29, 0.717) is 22.2 Å². The van der Waals surface area contributed by atoms with Gasteiger partial charge in [-0.1, -0.05) is 11.6 Å². The fourth-order valence-corrected chi connectivity index (χ4v) is 3.63. The highest BCUT2D eigenvalue weighted by molar-refractivity contribution is 8.14. The number of methoxy groups -OCH3 is 1. The molecular formula is C18H17ClN4O2S. The summed E-state index contributed by atoms with van der Waals surface area (Å²) < 4.78 is 4.69. The number of benzene rings is 1. The minimum atomic E-state index is -0.479. The number of hydrogen-bond donors (Lipinski definition) is 1. The van der Waals surface area contributed by atoms with Crippen molar-refractivity contribution < 1.29 is 9.53 Å². The lowest BCUT2D eigenvalue weighted by Crippen LogP contribution is -2.06. The number of nitrogens with zero attached hydrogens (tertiary/aromatic N) is 3. The molecule has 134 valence electrons. The third-order valence-electron chi connectivity index (χ3n) is 3.78. The van der Waals surface area contributed by atoms with E-state index in [2.05, 4.69) is 25.0 Å². The standard InChI is InChI=1S/C18H17ClN4O2S/c1-10-14(9-26-11(2)21-10)16-6-7-20-18(23-16)22-12-4-5-13(15(19)8-12)17(24)25-3/h4-8H,9H2,1-3H3,(H,20,22,23). The first-order chi connectivity index (χ1) is 12.5. The molecule has 3 rings (SSSR count). The lowest BCUT2D eigenvalue weighted by Gasteiger charge is -2.15. The maximum atomic E-state index is 11.6. The summed E-state index contributed by atoms with van der Waals surface area (Å²) in [6.45, 7) is 3.98. The maximum absolute atomic E-state index is 11.6. The molecule has 0 spiro atoms. The Balaban J connectivity index is 1.85. The van der Waals surface area contributed by atoms with Crippen molar-refractivity contribution in [3.63, 3.8) is 0 Å². The zero-order valence-electron chi connectivity index (χ0n) is 14.5. The number of hydrogen-bond acceptors (Lipinski definition) is 7. The van der Waals surface area contributed by atoms with Gasteiger partial charge in [-0.05, 0) is 38.1 Å². The molecule has 6 nitrogen and oxygen atoms in total. The van der Waals surface area contributed by atoms with Crippen LogP contribution in [0.3, 0.4) is 0 Å². The lowest BCUT2D eigenvalue weighted by atomic mass is 10.1. The van der Waals surface area contributed by atoms with Crippen molar-refractivity contribution in [1.82, 2.24) is 9.97 Å². The first-order valence-corrected chi connectivity index (χ1v) is 9.20. The van der Waals surface area contributed by atoms with Crippen LogP contribution in [0.2, 0.25) is 5.02 Å². The molecule has 0 amide bonds. The first kappa shape index (κ1) is 18.4. The molecule has 1 aliphatic rings. The van der Waals surface area contributed by atoms with Crippen LogP contribution in [0, 0.1) is 0 Å². The molecule has 0 atom stereocenters. The van der Waals surface area contributed by atoms with E-state index >= 15 is 0 Å².